The van der Waals surface area contributed by atoms with E-state index in [-0.39, 0.29) is 10.2 Å². The van der Waals surface area contributed by atoms with E-state index in [2.05, 4.69) is 12.1 Å². The quantitative estimate of drug-likeness (QED) is 0.294. The molecule has 40 heavy (non-hydrogen) atoms. The number of carbonyl (C=O) groups excluding carboxylic acids is 2. The Morgan fingerprint density at radius 2 is 1.20 bits per heavy atom. The SMILES string of the molecule is CC(=O)Sc1ccc(C2=CC3C(=CC=C2)C=C(c2ccc(-c4ccc(SC(C)=O)cc4)cc2)C3(C#N)C#N)cc1. The number of carbonyl (C=O) groups is 2. The standard InChI is InChI=1S/C34H24N2O2S2/c1-22(37)39-30-14-10-25(11-15-30)24-6-8-27(9-7-24)32-19-29-5-3-4-28(18-33(29)34(32,20-35)21-36)26-12-16-31(17-13-26)40-23(2)38/h3-19,33H,1-2H3. The minimum absolute atomic E-state index is 0.0299. The van der Waals surface area contributed by atoms with Crippen LogP contribution in [0.25, 0.3) is 22.3 Å². The molecule has 0 aromatic heterocycles. The third-order valence-corrected chi connectivity index (χ3v) is 8.51. The predicted octanol–water partition coefficient (Wildman–Crippen LogP) is 8.26. The van der Waals surface area contributed by atoms with Gasteiger partial charge in [0.1, 0.15) is 0 Å². The first kappa shape index (κ1) is 27.2. The smallest absolute Gasteiger partial charge is 0.190 e. The lowest BCUT2D eigenvalue weighted by Gasteiger charge is -2.24. The molecule has 0 aliphatic heterocycles. The normalized spacial score (nSPS) is 16.9. The van der Waals surface area contributed by atoms with Gasteiger partial charge in [-0.25, -0.2) is 0 Å². The molecule has 5 rings (SSSR count). The van der Waals surface area contributed by atoms with Gasteiger partial charge < -0.3 is 0 Å². The molecule has 0 fully saturated rings. The van der Waals surface area contributed by atoms with Crippen molar-refractivity contribution >= 4 is 44.9 Å². The summed E-state index contributed by atoms with van der Waals surface area (Å²) in [6.07, 6.45) is 9.89. The number of thioether (sulfide) groups is 2. The number of nitriles is 2. The van der Waals surface area contributed by atoms with Gasteiger partial charge in [0.15, 0.2) is 15.6 Å². The second-order valence-corrected chi connectivity index (χ2v) is 12.0. The maximum Gasteiger partial charge on any atom is 0.190 e. The van der Waals surface area contributed by atoms with Gasteiger partial charge in [-0.2, -0.15) is 10.5 Å². The summed E-state index contributed by atoms with van der Waals surface area (Å²) in [6.45, 7) is 3.09. The van der Waals surface area contributed by atoms with Crippen molar-refractivity contribution in [2.75, 3.05) is 0 Å². The fourth-order valence-corrected chi connectivity index (χ4v) is 6.26. The minimum Gasteiger partial charge on any atom is -0.287 e. The van der Waals surface area contributed by atoms with Gasteiger partial charge in [0.25, 0.3) is 0 Å². The highest BCUT2D eigenvalue weighted by molar-refractivity contribution is 8.13. The average molecular weight is 557 g/mol. The first-order valence-electron chi connectivity index (χ1n) is 12.7. The molecule has 2 aliphatic carbocycles. The third kappa shape index (κ3) is 5.38. The Balaban J connectivity index is 1.45. The Labute approximate surface area is 242 Å². The van der Waals surface area contributed by atoms with E-state index in [0.29, 0.717) is 5.57 Å². The zero-order valence-electron chi connectivity index (χ0n) is 21.9. The van der Waals surface area contributed by atoms with Crippen LogP contribution in [-0.4, -0.2) is 10.2 Å². The summed E-state index contributed by atoms with van der Waals surface area (Å²) in [5.74, 6) is -0.431. The lowest BCUT2D eigenvalue weighted by molar-refractivity contribution is -0.109. The molecule has 1 atom stereocenters. The molecule has 0 N–H and O–H groups in total. The van der Waals surface area contributed by atoms with Gasteiger partial charge in [-0.15, -0.1) is 0 Å². The summed E-state index contributed by atoms with van der Waals surface area (Å²) in [4.78, 5) is 24.6. The van der Waals surface area contributed by atoms with Gasteiger partial charge in [0.2, 0.25) is 0 Å². The predicted molar refractivity (Wildman–Crippen MR) is 162 cm³/mol. The first-order valence-corrected chi connectivity index (χ1v) is 14.3. The van der Waals surface area contributed by atoms with E-state index >= 15 is 0 Å². The maximum absolute atomic E-state index is 11.4. The van der Waals surface area contributed by atoms with E-state index in [0.717, 1.165) is 43.2 Å². The minimum atomic E-state index is -1.37. The molecule has 0 radical (unpaired) electrons. The number of fused-ring (bicyclic) bond motifs is 1. The van der Waals surface area contributed by atoms with Crippen molar-refractivity contribution < 1.29 is 9.59 Å². The third-order valence-electron chi connectivity index (χ3n) is 6.92. The Morgan fingerprint density at radius 3 is 1.70 bits per heavy atom. The highest BCUT2D eigenvalue weighted by Gasteiger charge is 2.49. The lowest BCUT2D eigenvalue weighted by Crippen LogP contribution is -2.24. The van der Waals surface area contributed by atoms with Crippen molar-refractivity contribution in [1.82, 2.24) is 0 Å². The van der Waals surface area contributed by atoms with Gasteiger partial charge in [0, 0.05) is 29.6 Å². The van der Waals surface area contributed by atoms with Gasteiger partial charge in [-0.3, -0.25) is 9.59 Å². The van der Waals surface area contributed by atoms with Crippen LogP contribution in [0.3, 0.4) is 0 Å². The van der Waals surface area contributed by atoms with Crippen LogP contribution in [0.15, 0.2) is 119 Å². The van der Waals surface area contributed by atoms with Crippen LogP contribution >= 0.6 is 23.5 Å². The molecule has 4 nitrogen and oxygen atoms in total. The molecule has 0 saturated carbocycles. The Kier molecular flexibility index (Phi) is 7.76. The number of benzene rings is 3. The van der Waals surface area contributed by atoms with Crippen molar-refractivity contribution in [3.8, 4) is 23.3 Å². The summed E-state index contributed by atoms with van der Waals surface area (Å²) in [6, 6.07) is 28.2. The molecule has 3 aromatic rings. The van der Waals surface area contributed by atoms with Crippen LogP contribution in [0.4, 0.5) is 0 Å². The summed E-state index contributed by atoms with van der Waals surface area (Å²) in [5.41, 5.74) is 4.95. The van der Waals surface area contributed by atoms with Crippen LogP contribution in [0.5, 0.6) is 0 Å². The summed E-state index contributed by atoms with van der Waals surface area (Å²) >= 11 is 2.39. The topological polar surface area (TPSA) is 81.7 Å². The van der Waals surface area contributed by atoms with Crippen molar-refractivity contribution in [1.29, 1.82) is 10.5 Å². The molecule has 0 heterocycles. The molecule has 0 spiro atoms. The Bertz CT molecular complexity index is 1680. The fourth-order valence-electron chi connectivity index (χ4n) is 5.05. The molecule has 0 saturated heterocycles. The lowest BCUT2D eigenvalue weighted by atomic mass is 9.72. The van der Waals surface area contributed by atoms with E-state index in [9.17, 15) is 20.1 Å². The van der Waals surface area contributed by atoms with Gasteiger partial charge in [0.05, 0.1) is 12.1 Å². The molecule has 0 bridgehead atoms. The van der Waals surface area contributed by atoms with Gasteiger partial charge >= 0.3 is 0 Å². The highest BCUT2D eigenvalue weighted by atomic mass is 32.2. The number of nitrogens with zero attached hydrogens (tertiary/aromatic N) is 2. The molecular formula is C34H24N2O2S2. The van der Waals surface area contributed by atoms with Gasteiger partial charge in [-0.05, 0) is 63.2 Å². The maximum atomic E-state index is 11.4. The number of hydrogen-bond donors (Lipinski definition) is 0. The number of hydrogen-bond acceptors (Lipinski definition) is 6. The van der Waals surface area contributed by atoms with Crippen molar-refractivity contribution in [3.05, 3.63) is 120 Å². The molecule has 3 aromatic carbocycles. The number of rotatable bonds is 5. The van der Waals surface area contributed by atoms with E-state index < -0.39 is 11.3 Å². The Morgan fingerprint density at radius 1 is 0.725 bits per heavy atom. The van der Waals surface area contributed by atoms with Crippen LogP contribution in [0.2, 0.25) is 0 Å². The van der Waals surface area contributed by atoms with Gasteiger partial charge in [-0.1, -0.05) is 102 Å². The average Bonchev–Trinajstić information content (AvgIpc) is 3.09. The second-order valence-electron chi connectivity index (χ2n) is 9.53. The summed E-state index contributed by atoms with van der Waals surface area (Å²) in [5, 5.41) is 20.9. The van der Waals surface area contributed by atoms with Crippen LogP contribution in [0.1, 0.15) is 25.0 Å². The summed E-state index contributed by atoms with van der Waals surface area (Å²) < 4.78 is 0. The zero-order chi connectivity index (χ0) is 28.3. The molecule has 1 unspecified atom stereocenters. The fraction of sp³-hybridized carbons (Fsp3) is 0.118. The molecule has 194 valence electrons. The number of allylic oxidation sites excluding steroid dienone is 8. The Hall–Kier alpha value is -4.36. The van der Waals surface area contributed by atoms with Crippen molar-refractivity contribution in [2.24, 2.45) is 11.3 Å². The monoisotopic (exact) mass is 556 g/mol. The van der Waals surface area contributed by atoms with E-state index in [1.165, 1.54) is 30.4 Å². The van der Waals surface area contributed by atoms with Crippen LogP contribution in [0, 0.1) is 34.0 Å². The zero-order valence-corrected chi connectivity index (χ0v) is 23.6. The molecule has 6 heteroatoms. The highest BCUT2D eigenvalue weighted by Crippen LogP contribution is 2.53. The van der Waals surface area contributed by atoms with Crippen molar-refractivity contribution in [2.45, 2.75) is 23.6 Å². The van der Waals surface area contributed by atoms with E-state index in [1.54, 1.807) is 6.92 Å². The molecule has 0 amide bonds. The van der Waals surface area contributed by atoms with Crippen LogP contribution in [-0.2, 0) is 9.59 Å². The van der Waals surface area contributed by atoms with E-state index in [1.807, 2.05) is 103 Å². The first-order chi connectivity index (χ1) is 19.3. The second kappa shape index (κ2) is 11.4. The molecule has 2 aliphatic rings. The largest absolute Gasteiger partial charge is 0.287 e. The van der Waals surface area contributed by atoms with E-state index in [4.69, 9.17) is 0 Å². The summed E-state index contributed by atoms with van der Waals surface area (Å²) in [7, 11) is 0. The molecular weight excluding hydrogens is 533 g/mol. The van der Waals surface area contributed by atoms with Crippen molar-refractivity contribution in [3.63, 3.8) is 0 Å². The van der Waals surface area contributed by atoms with Crippen LogP contribution < -0.4 is 0 Å².